The van der Waals surface area contributed by atoms with E-state index in [0.717, 1.165) is 0 Å². The van der Waals surface area contributed by atoms with Gasteiger partial charge in [-0.25, -0.2) is 4.98 Å². The van der Waals surface area contributed by atoms with E-state index in [2.05, 4.69) is 10.3 Å². The molecule has 0 aliphatic rings. The molecular formula is C10H6ClN3O3S. The molecule has 18 heavy (non-hydrogen) atoms. The number of nitro groups is 1. The van der Waals surface area contributed by atoms with Gasteiger partial charge in [0, 0.05) is 11.6 Å². The van der Waals surface area contributed by atoms with E-state index in [9.17, 15) is 14.9 Å². The van der Waals surface area contributed by atoms with Crippen LogP contribution < -0.4 is 5.32 Å². The number of hydrogen-bond acceptors (Lipinski definition) is 5. The number of nitrogens with one attached hydrogen (secondary N) is 1. The van der Waals surface area contributed by atoms with Gasteiger partial charge in [0.25, 0.3) is 5.91 Å². The summed E-state index contributed by atoms with van der Waals surface area (Å²) in [6.45, 7) is 0. The van der Waals surface area contributed by atoms with Gasteiger partial charge in [0.2, 0.25) is 5.15 Å². The smallest absolute Gasteiger partial charge is 0.319 e. The van der Waals surface area contributed by atoms with E-state index in [-0.39, 0.29) is 10.7 Å². The fourth-order valence-corrected chi connectivity index (χ4v) is 2.13. The maximum atomic E-state index is 11.9. The van der Waals surface area contributed by atoms with Crippen molar-refractivity contribution in [3.8, 4) is 0 Å². The fraction of sp³-hybridized carbons (Fsp3) is 0. The van der Waals surface area contributed by atoms with Gasteiger partial charge in [0.15, 0.2) is 0 Å². The molecule has 1 N–H and O–H groups in total. The van der Waals surface area contributed by atoms with E-state index in [0.29, 0.717) is 5.69 Å². The van der Waals surface area contributed by atoms with Crippen LogP contribution in [0, 0.1) is 10.1 Å². The lowest BCUT2D eigenvalue weighted by atomic mass is 10.2. The Bertz CT molecular complexity index is 600. The minimum Gasteiger partial charge on any atom is -0.321 e. The first-order valence-corrected chi connectivity index (χ1v) is 6.04. The molecule has 0 spiro atoms. The van der Waals surface area contributed by atoms with Crippen molar-refractivity contribution < 1.29 is 9.72 Å². The number of anilines is 1. The maximum absolute atomic E-state index is 11.9. The van der Waals surface area contributed by atoms with Gasteiger partial charge in [-0.3, -0.25) is 14.9 Å². The summed E-state index contributed by atoms with van der Waals surface area (Å²) in [5.41, 5.74) is -0.0367. The fourth-order valence-electron chi connectivity index (χ4n) is 1.32. The highest BCUT2D eigenvalue weighted by molar-refractivity contribution is 7.08. The first kappa shape index (κ1) is 12.5. The minimum absolute atomic E-state index is 0.119. The average Bonchev–Trinajstić information content (AvgIpc) is 2.80. The topological polar surface area (TPSA) is 85.1 Å². The Labute approximate surface area is 110 Å². The highest BCUT2D eigenvalue weighted by Crippen LogP contribution is 2.26. The molecule has 92 valence electrons. The highest BCUT2D eigenvalue weighted by atomic mass is 35.5. The van der Waals surface area contributed by atoms with Crippen LogP contribution in [0.15, 0.2) is 29.1 Å². The normalized spacial score (nSPS) is 10.1. The Kier molecular flexibility index (Phi) is 3.54. The van der Waals surface area contributed by atoms with Crippen LogP contribution in [0.4, 0.5) is 11.4 Å². The molecule has 0 aliphatic carbocycles. The second-order valence-electron chi connectivity index (χ2n) is 3.22. The number of pyridine rings is 1. The van der Waals surface area contributed by atoms with Crippen LogP contribution in [-0.4, -0.2) is 15.8 Å². The van der Waals surface area contributed by atoms with Crippen LogP contribution in [0.25, 0.3) is 0 Å². The van der Waals surface area contributed by atoms with Crippen molar-refractivity contribution in [2.75, 3.05) is 5.32 Å². The molecule has 0 saturated heterocycles. The molecule has 0 bridgehead atoms. The molecule has 0 atom stereocenters. The molecule has 1 amide bonds. The minimum atomic E-state index is -0.724. The molecule has 2 aromatic rings. The van der Waals surface area contributed by atoms with E-state index < -0.39 is 16.5 Å². The number of nitrogens with zero attached hydrogens (tertiary/aromatic N) is 2. The van der Waals surface area contributed by atoms with Gasteiger partial charge in [-0.05, 0) is 17.5 Å². The van der Waals surface area contributed by atoms with Crippen LogP contribution in [-0.2, 0) is 0 Å². The first-order valence-electron chi connectivity index (χ1n) is 4.72. The molecule has 0 saturated carbocycles. The van der Waals surface area contributed by atoms with Crippen molar-refractivity contribution >= 4 is 40.2 Å². The van der Waals surface area contributed by atoms with Gasteiger partial charge >= 0.3 is 5.69 Å². The Morgan fingerprint density at radius 3 is 2.89 bits per heavy atom. The SMILES string of the molecule is O=C(Nc1ccsc1)c1ccnc(Cl)c1[N+](=O)[O-]. The number of amides is 1. The van der Waals surface area contributed by atoms with Gasteiger partial charge in [-0.15, -0.1) is 0 Å². The Morgan fingerprint density at radius 2 is 2.28 bits per heavy atom. The summed E-state index contributed by atoms with van der Waals surface area (Å²) < 4.78 is 0. The third-order valence-electron chi connectivity index (χ3n) is 2.09. The van der Waals surface area contributed by atoms with E-state index in [4.69, 9.17) is 11.6 Å². The van der Waals surface area contributed by atoms with Crippen molar-refractivity contribution in [2.24, 2.45) is 0 Å². The van der Waals surface area contributed by atoms with Gasteiger partial charge in [0.1, 0.15) is 5.56 Å². The van der Waals surface area contributed by atoms with Gasteiger partial charge in [-0.2, -0.15) is 11.3 Å². The van der Waals surface area contributed by atoms with Crippen LogP contribution in [0.1, 0.15) is 10.4 Å². The van der Waals surface area contributed by atoms with Crippen LogP contribution >= 0.6 is 22.9 Å². The summed E-state index contributed by atoms with van der Waals surface area (Å²) in [6, 6.07) is 2.95. The quantitative estimate of drug-likeness (QED) is 0.533. The zero-order valence-electron chi connectivity index (χ0n) is 8.79. The molecule has 0 radical (unpaired) electrons. The van der Waals surface area contributed by atoms with E-state index in [1.807, 2.05) is 0 Å². The van der Waals surface area contributed by atoms with Gasteiger partial charge < -0.3 is 5.32 Å². The molecule has 0 aliphatic heterocycles. The largest absolute Gasteiger partial charge is 0.321 e. The third kappa shape index (κ3) is 2.47. The number of rotatable bonds is 3. The number of carbonyl (C=O) groups excluding carboxylic acids is 1. The summed E-state index contributed by atoms with van der Waals surface area (Å²) in [5.74, 6) is -0.593. The predicted molar refractivity (Wildman–Crippen MR) is 68.2 cm³/mol. The summed E-state index contributed by atoms with van der Waals surface area (Å²) in [7, 11) is 0. The average molecular weight is 284 g/mol. The van der Waals surface area contributed by atoms with Crippen molar-refractivity contribution in [1.29, 1.82) is 0 Å². The number of thiophene rings is 1. The molecule has 8 heteroatoms. The van der Waals surface area contributed by atoms with Gasteiger partial charge in [0.05, 0.1) is 10.6 Å². The van der Waals surface area contributed by atoms with E-state index >= 15 is 0 Å². The molecule has 2 heterocycles. The van der Waals surface area contributed by atoms with Crippen molar-refractivity contribution in [3.63, 3.8) is 0 Å². The van der Waals surface area contributed by atoms with Crippen molar-refractivity contribution in [3.05, 3.63) is 49.9 Å². The lowest BCUT2D eigenvalue weighted by Gasteiger charge is -2.04. The lowest BCUT2D eigenvalue weighted by Crippen LogP contribution is -2.14. The molecule has 6 nitrogen and oxygen atoms in total. The molecule has 0 unspecified atom stereocenters. The van der Waals surface area contributed by atoms with Gasteiger partial charge in [-0.1, -0.05) is 11.6 Å². The Balaban J connectivity index is 2.36. The second kappa shape index (κ2) is 5.11. The standard InChI is InChI=1S/C10H6ClN3O3S/c11-9-8(14(16)17)7(1-3-12-9)10(15)13-6-2-4-18-5-6/h1-5H,(H,13,15). The molecule has 2 rings (SSSR count). The summed E-state index contributed by atoms with van der Waals surface area (Å²) >= 11 is 7.02. The molecular weight excluding hydrogens is 278 g/mol. The Hall–Kier alpha value is -1.99. The van der Waals surface area contributed by atoms with Crippen molar-refractivity contribution in [1.82, 2.24) is 4.98 Å². The van der Waals surface area contributed by atoms with Crippen LogP contribution in [0.3, 0.4) is 0 Å². The highest BCUT2D eigenvalue weighted by Gasteiger charge is 2.24. The zero-order chi connectivity index (χ0) is 13.1. The predicted octanol–water partition coefficient (Wildman–Crippen LogP) is 2.96. The number of carbonyl (C=O) groups is 1. The first-order chi connectivity index (χ1) is 8.59. The van der Waals surface area contributed by atoms with E-state index in [1.54, 1.807) is 16.8 Å². The van der Waals surface area contributed by atoms with Crippen LogP contribution in [0.2, 0.25) is 5.15 Å². The number of hydrogen-bond donors (Lipinski definition) is 1. The number of halogens is 1. The Morgan fingerprint density at radius 1 is 1.50 bits per heavy atom. The summed E-state index contributed by atoms with van der Waals surface area (Å²) in [4.78, 5) is 25.6. The molecule has 2 aromatic heterocycles. The van der Waals surface area contributed by atoms with Crippen LogP contribution in [0.5, 0.6) is 0 Å². The summed E-state index contributed by atoms with van der Waals surface area (Å²) in [5, 5.41) is 16.6. The maximum Gasteiger partial charge on any atom is 0.319 e. The molecule has 0 fully saturated rings. The number of aromatic nitrogens is 1. The van der Waals surface area contributed by atoms with E-state index in [1.165, 1.54) is 23.6 Å². The van der Waals surface area contributed by atoms with Crippen molar-refractivity contribution in [2.45, 2.75) is 0 Å². The molecule has 0 aromatic carbocycles. The summed E-state index contributed by atoms with van der Waals surface area (Å²) in [6.07, 6.45) is 1.25. The zero-order valence-corrected chi connectivity index (χ0v) is 10.4. The third-order valence-corrected chi connectivity index (χ3v) is 3.05. The monoisotopic (exact) mass is 283 g/mol. The second-order valence-corrected chi connectivity index (χ2v) is 4.36. The lowest BCUT2D eigenvalue weighted by molar-refractivity contribution is -0.385.